The van der Waals surface area contributed by atoms with Crippen LogP contribution in [0.25, 0.3) is 16.3 Å². The third kappa shape index (κ3) is 4.46. The highest BCUT2D eigenvalue weighted by molar-refractivity contribution is 7.16. The lowest BCUT2D eigenvalue weighted by molar-refractivity contribution is -0.147. The molecule has 0 bridgehead atoms. The van der Waals surface area contributed by atoms with Crippen molar-refractivity contribution in [1.29, 1.82) is 0 Å². The Kier molecular flexibility index (Phi) is 6.55. The molecule has 144 valence electrons. The Bertz CT molecular complexity index is 1060. The molecule has 1 amide bonds. The number of ether oxygens (including phenoxy) is 1. The maximum Gasteiger partial charge on any atom is 0.329 e. The number of fused-ring (bicyclic) bond motifs is 1. The zero-order valence-electron chi connectivity index (χ0n) is 15.9. The van der Waals surface area contributed by atoms with Crippen LogP contribution in [0.15, 0.2) is 65.7 Å². The Labute approximate surface area is 167 Å². The van der Waals surface area contributed by atoms with Crippen LogP contribution in [-0.4, -0.2) is 23.1 Å². The first-order valence-electron chi connectivity index (χ1n) is 9.22. The lowest BCUT2D eigenvalue weighted by Crippen LogP contribution is -2.28. The van der Waals surface area contributed by atoms with E-state index in [0.29, 0.717) is 17.8 Å². The van der Waals surface area contributed by atoms with E-state index in [1.807, 2.05) is 66.1 Å². The summed E-state index contributed by atoms with van der Waals surface area (Å²) >= 11 is 1.39. The van der Waals surface area contributed by atoms with Gasteiger partial charge in [0.05, 0.1) is 16.8 Å². The van der Waals surface area contributed by atoms with Gasteiger partial charge < -0.3 is 9.30 Å². The second-order valence-corrected chi connectivity index (χ2v) is 7.10. The van der Waals surface area contributed by atoms with Crippen LogP contribution in [0.1, 0.15) is 31.9 Å². The summed E-state index contributed by atoms with van der Waals surface area (Å²) in [5.74, 6) is -0.690. The van der Waals surface area contributed by atoms with Crippen molar-refractivity contribution in [3.05, 3.63) is 71.0 Å². The number of hydrogen-bond acceptors (Lipinski definition) is 4. The quantitative estimate of drug-likeness (QED) is 0.461. The zero-order valence-corrected chi connectivity index (χ0v) is 16.7. The number of benzene rings is 2. The second kappa shape index (κ2) is 9.28. The van der Waals surface area contributed by atoms with Gasteiger partial charge in [-0.25, -0.2) is 4.79 Å². The van der Waals surface area contributed by atoms with E-state index >= 15 is 0 Å². The van der Waals surface area contributed by atoms with Gasteiger partial charge in [-0.15, -0.1) is 0 Å². The first kappa shape index (κ1) is 19.8. The molecule has 0 aliphatic rings. The lowest BCUT2D eigenvalue weighted by Gasteiger charge is -2.16. The Morgan fingerprint density at radius 2 is 1.82 bits per heavy atom. The maximum atomic E-state index is 12.5. The van der Waals surface area contributed by atoms with E-state index in [9.17, 15) is 9.59 Å². The van der Waals surface area contributed by atoms with Gasteiger partial charge in [-0.3, -0.25) is 4.79 Å². The zero-order chi connectivity index (χ0) is 19.9. The number of carbonyl (C=O) groups excluding carboxylic acids is 2. The fraction of sp³-hybridized carbons (Fsp3) is 0.227. The minimum atomic E-state index is -0.527. The van der Waals surface area contributed by atoms with Crippen LogP contribution in [0, 0.1) is 0 Å². The highest BCUT2D eigenvalue weighted by atomic mass is 32.1. The molecule has 0 saturated carbocycles. The summed E-state index contributed by atoms with van der Waals surface area (Å²) in [6.07, 6.45) is 3.71. The fourth-order valence-electron chi connectivity index (χ4n) is 2.93. The van der Waals surface area contributed by atoms with Crippen molar-refractivity contribution in [3.8, 4) is 0 Å². The molecule has 2 aromatic carbocycles. The number of amides is 1. The van der Waals surface area contributed by atoms with Crippen LogP contribution in [-0.2, 0) is 14.3 Å². The molecule has 1 aromatic heterocycles. The highest BCUT2D eigenvalue weighted by Crippen LogP contribution is 2.23. The van der Waals surface area contributed by atoms with E-state index in [0.717, 1.165) is 15.8 Å². The largest absolute Gasteiger partial charge is 0.464 e. The first-order chi connectivity index (χ1) is 13.6. The number of rotatable bonds is 6. The van der Waals surface area contributed by atoms with Crippen molar-refractivity contribution in [2.24, 2.45) is 4.99 Å². The van der Waals surface area contributed by atoms with Crippen LogP contribution in [0.2, 0.25) is 0 Å². The molecule has 0 aliphatic carbocycles. The van der Waals surface area contributed by atoms with Crippen molar-refractivity contribution < 1.29 is 14.3 Å². The van der Waals surface area contributed by atoms with E-state index in [1.54, 1.807) is 13.0 Å². The highest BCUT2D eigenvalue weighted by Gasteiger charge is 2.23. The van der Waals surface area contributed by atoms with Crippen molar-refractivity contribution in [2.75, 3.05) is 6.61 Å². The van der Waals surface area contributed by atoms with Crippen LogP contribution in [0.5, 0.6) is 0 Å². The minimum absolute atomic E-state index is 0.309. The van der Waals surface area contributed by atoms with Crippen LogP contribution >= 0.6 is 11.3 Å². The van der Waals surface area contributed by atoms with Gasteiger partial charge in [0, 0.05) is 6.08 Å². The van der Waals surface area contributed by atoms with Gasteiger partial charge in [0.2, 0.25) is 0 Å². The van der Waals surface area contributed by atoms with E-state index in [2.05, 4.69) is 4.99 Å². The molecule has 0 fully saturated rings. The molecule has 0 radical (unpaired) electrons. The average Bonchev–Trinajstić information content (AvgIpc) is 3.06. The van der Waals surface area contributed by atoms with Gasteiger partial charge in [-0.05, 0) is 37.1 Å². The summed E-state index contributed by atoms with van der Waals surface area (Å²) in [6.45, 7) is 4.01. The summed E-state index contributed by atoms with van der Waals surface area (Å²) in [5.41, 5.74) is 1.79. The Morgan fingerprint density at radius 1 is 1.11 bits per heavy atom. The smallest absolute Gasteiger partial charge is 0.329 e. The fourth-order valence-corrected chi connectivity index (χ4v) is 4.00. The van der Waals surface area contributed by atoms with Gasteiger partial charge in [0.15, 0.2) is 4.80 Å². The standard InChI is InChI=1S/C22H22N2O3S/c1-3-17(21(26)27-4-2)24-18-12-8-9-13-19(18)28-22(24)23-20(25)15-14-16-10-6-5-7-11-16/h5-15,17H,3-4H2,1-2H3. The molecular formula is C22H22N2O3S. The molecule has 3 aromatic rings. The number of esters is 1. The SMILES string of the molecule is CCOC(=O)C(CC)n1c(=NC(=O)C=Cc2ccccc2)sc2ccccc21. The molecule has 1 heterocycles. The molecule has 1 unspecified atom stereocenters. The number of nitrogens with zero attached hydrogens (tertiary/aromatic N) is 2. The number of hydrogen-bond donors (Lipinski definition) is 0. The summed E-state index contributed by atoms with van der Waals surface area (Å²) < 4.78 is 8.01. The predicted molar refractivity (Wildman–Crippen MR) is 112 cm³/mol. The molecule has 3 rings (SSSR count). The number of aromatic nitrogens is 1. The Balaban J connectivity index is 2.04. The second-order valence-electron chi connectivity index (χ2n) is 6.09. The van der Waals surface area contributed by atoms with Crippen molar-refractivity contribution in [1.82, 2.24) is 4.57 Å². The van der Waals surface area contributed by atoms with Gasteiger partial charge in [-0.1, -0.05) is 60.7 Å². The average molecular weight is 394 g/mol. The summed E-state index contributed by atoms with van der Waals surface area (Å²) in [7, 11) is 0. The molecule has 6 heteroatoms. The van der Waals surface area contributed by atoms with Crippen molar-refractivity contribution >= 4 is 39.5 Å². The van der Waals surface area contributed by atoms with Crippen LogP contribution in [0.3, 0.4) is 0 Å². The van der Waals surface area contributed by atoms with Crippen LogP contribution in [0.4, 0.5) is 0 Å². The summed E-state index contributed by atoms with van der Waals surface area (Å²) in [4.78, 5) is 29.7. The van der Waals surface area contributed by atoms with Gasteiger partial charge in [-0.2, -0.15) is 4.99 Å². The molecule has 0 spiro atoms. The molecule has 0 saturated heterocycles. The third-order valence-corrected chi connectivity index (χ3v) is 5.25. The normalized spacial score (nSPS) is 13.1. The van der Waals surface area contributed by atoms with E-state index in [-0.39, 0.29) is 11.9 Å². The van der Waals surface area contributed by atoms with Gasteiger partial charge in [0.25, 0.3) is 5.91 Å². The number of thiazole rings is 1. The van der Waals surface area contributed by atoms with Crippen molar-refractivity contribution in [2.45, 2.75) is 26.3 Å². The molecule has 0 N–H and O–H groups in total. The monoisotopic (exact) mass is 394 g/mol. The van der Waals surface area contributed by atoms with E-state index in [1.165, 1.54) is 17.4 Å². The molecule has 1 atom stereocenters. The maximum absolute atomic E-state index is 12.5. The van der Waals surface area contributed by atoms with Crippen LogP contribution < -0.4 is 4.80 Å². The van der Waals surface area contributed by atoms with Gasteiger partial charge in [0.1, 0.15) is 6.04 Å². The first-order valence-corrected chi connectivity index (χ1v) is 10.0. The van der Waals surface area contributed by atoms with E-state index in [4.69, 9.17) is 4.74 Å². The Hall–Kier alpha value is -2.99. The third-order valence-electron chi connectivity index (χ3n) is 4.21. The van der Waals surface area contributed by atoms with Crippen molar-refractivity contribution in [3.63, 3.8) is 0 Å². The number of para-hydroxylation sites is 1. The minimum Gasteiger partial charge on any atom is -0.464 e. The molecule has 28 heavy (non-hydrogen) atoms. The Morgan fingerprint density at radius 3 is 2.54 bits per heavy atom. The molecular weight excluding hydrogens is 372 g/mol. The lowest BCUT2D eigenvalue weighted by atomic mass is 10.2. The molecule has 0 aliphatic heterocycles. The number of carbonyl (C=O) groups is 2. The predicted octanol–water partition coefficient (Wildman–Crippen LogP) is 4.36. The van der Waals surface area contributed by atoms with Gasteiger partial charge >= 0.3 is 5.97 Å². The molecule has 5 nitrogen and oxygen atoms in total. The summed E-state index contributed by atoms with van der Waals surface area (Å²) in [5, 5.41) is 0. The topological polar surface area (TPSA) is 60.7 Å². The van der Waals surface area contributed by atoms with E-state index < -0.39 is 6.04 Å². The summed E-state index contributed by atoms with van der Waals surface area (Å²) in [6, 6.07) is 16.8.